The second-order valence-electron chi connectivity index (χ2n) is 8.88. The molecule has 0 bridgehead atoms. The van der Waals surface area contributed by atoms with E-state index in [-0.39, 0.29) is 24.7 Å². The SMILES string of the molecule is O=C(C[C@@H]1NC(=O)N(CCc2cccc(F)c2)C1=O)NC[C@@H]1CCCN2CCCCC12. The highest BCUT2D eigenvalue weighted by Gasteiger charge is 2.39. The summed E-state index contributed by atoms with van der Waals surface area (Å²) in [5, 5.41) is 5.61. The van der Waals surface area contributed by atoms with Crippen LogP contribution in [0.25, 0.3) is 0 Å². The fourth-order valence-corrected chi connectivity index (χ4v) is 5.18. The maximum absolute atomic E-state index is 13.3. The molecular formula is C23H31FN4O3. The number of nitrogens with zero attached hydrogens (tertiary/aromatic N) is 2. The van der Waals surface area contributed by atoms with Gasteiger partial charge in [-0.15, -0.1) is 0 Å². The van der Waals surface area contributed by atoms with Gasteiger partial charge < -0.3 is 15.5 Å². The van der Waals surface area contributed by atoms with Gasteiger partial charge in [0.05, 0.1) is 6.42 Å². The van der Waals surface area contributed by atoms with Crippen molar-refractivity contribution >= 4 is 17.8 Å². The van der Waals surface area contributed by atoms with Gasteiger partial charge in [-0.2, -0.15) is 0 Å². The van der Waals surface area contributed by atoms with Crippen LogP contribution in [0.1, 0.15) is 44.1 Å². The molecule has 0 saturated carbocycles. The van der Waals surface area contributed by atoms with Gasteiger partial charge in [-0.3, -0.25) is 14.5 Å². The number of fused-ring (bicyclic) bond motifs is 1. The van der Waals surface area contributed by atoms with Crippen molar-refractivity contribution in [1.29, 1.82) is 0 Å². The van der Waals surface area contributed by atoms with Gasteiger partial charge in [-0.05, 0) is 68.8 Å². The largest absolute Gasteiger partial charge is 0.356 e. The summed E-state index contributed by atoms with van der Waals surface area (Å²) in [5.41, 5.74) is 0.714. The van der Waals surface area contributed by atoms with E-state index in [0.29, 0.717) is 30.5 Å². The number of piperidine rings is 2. The molecule has 4 rings (SSSR count). The van der Waals surface area contributed by atoms with Crippen molar-refractivity contribution in [1.82, 2.24) is 20.4 Å². The minimum atomic E-state index is -0.836. The molecule has 0 aliphatic carbocycles. The summed E-state index contributed by atoms with van der Waals surface area (Å²) in [6, 6.07) is 5.32. The van der Waals surface area contributed by atoms with Crippen LogP contribution in [0.4, 0.5) is 9.18 Å². The molecule has 8 heteroatoms. The fourth-order valence-electron chi connectivity index (χ4n) is 5.18. The Labute approximate surface area is 182 Å². The Balaban J connectivity index is 1.24. The minimum absolute atomic E-state index is 0.0534. The Morgan fingerprint density at radius 2 is 2.00 bits per heavy atom. The number of urea groups is 1. The number of carbonyl (C=O) groups excluding carboxylic acids is 3. The molecule has 3 fully saturated rings. The summed E-state index contributed by atoms with van der Waals surface area (Å²) in [6.07, 6.45) is 6.30. The van der Waals surface area contributed by atoms with Crippen LogP contribution in [0.3, 0.4) is 0 Å². The third-order valence-corrected chi connectivity index (χ3v) is 6.80. The van der Waals surface area contributed by atoms with Gasteiger partial charge >= 0.3 is 6.03 Å². The van der Waals surface area contributed by atoms with Crippen LogP contribution in [0.2, 0.25) is 0 Å². The molecule has 3 heterocycles. The van der Waals surface area contributed by atoms with Gasteiger partial charge in [0.2, 0.25) is 5.91 Å². The standard InChI is InChI=1S/C23H31FN4O3/c24-18-7-3-5-16(13-18)9-12-28-22(30)19(26-23(28)31)14-21(29)25-15-17-6-4-11-27-10-2-1-8-20(17)27/h3,5,7,13,17,19-20H,1-2,4,6,8-12,14-15H2,(H,25,29)(H,26,31)/t17-,19-,20?/m0/s1. The predicted octanol–water partition coefficient (Wildman–Crippen LogP) is 2.06. The van der Waals surface area contributed by atoms with Gasteiger partial charge in [0.1, 0.15) is 11.9 Å². The molecule has 31 heavy (non-hydrogen) atoms. The van der Waals surface area contributed by atoms with Crippen LogP contribution in [-0.4, -0.2) is 65.9 Å². The fraction of sp³-hybridized carbons (Fsp3) is 0.609. The van der Waals surface area contributed by atoms with E-state index in [2.05, 4.69) is 15.5 Å². The van der Waals surface area contributed by atoms with Crippen molar-refractivity contribution in [3.05, 3.63) is 35.6 Å². The summed E-state index contributed by atoms with van der Waals surface area (Å²) in [6.45, 7) is 3.09. The third-order valence-electron chi connectivity index (χ3n) is 6.80. The van der Waals surface area contributed by atoms with E-state index in [9.17, 15) is 18.8 Å². The minimum Gasteiger partial charge on any atom is -0.356 e. The van der Waals surface area contributed by atoms with Crippen LogP contribution in [0, 0.1) is 11.7 Å². The molecule has 7 nitrogen and oxygen atoms in total. The highest BCUT2D eigenvalue weighted by molar-refractivity contribution is 6.05. The Hall–Kier alpha value is -2.48. The highest BCUT2D eigenvalue weighted by Crippen LogP contribution is 2.30. The first-order valence-electron chi connectivity index (χ1n) is 11.4. The molecule has 1 aromatic carbocycles. The van der Waals surface area contributed by atoms with Crippen molar-refractivity contribution in [2.45, 2.75) is 57.0 Å². The van der Waals surface area contributed by atoms with Crippen molar-refractivity contribution < 1.29 is 18.8 Å². The number of benzene rings is 1. The van der Waals surface area contributed by atoms with Crippen LogP contribution in [0.15, 0.2) is 24.3 Å². The molecule has 4 amide bonds. The second kappa shape index (κ2) is 9.77. The lowest BCUT2D eigenvalue weighted by atomic mass is 9.83. The van der Waals surface area contributed by atoms with Crippen molar-refractivity contribution in [3.8, 4) is 0 Å². The van der Waals surface area contributed by atoms with Crippen LogP contribution >= 0.6 is 0 Å². The monoisotopic (exact) mass is 430 g/mol. The number of hydrogen-bond acceptors (Lipinski definition) is 4. The quantitative estimate of drug-likeness (QED) is 0.649. The molecule has 3 atom stereocenters. The summed E-state index contributed by atoms with van der Waals surface area (Å²) in [5.74, 6) is -0.501. The van der Waals surface area contributed by atoms with Gasteiger partial charge in [0.25, 0.3) is 5.91 Å². The summed E-state index contributed by atoms with van der Waals surface area (Å²) < 4.78 is 13.3. The molecular weight excluding hydrogens is 399 g/mol. The highest BCUT2D eigenvalue weighted by atomic mass is 19.1. The number of hydrogen-bond donors (Lipinski definition) is 2. The van der Waals surface area contributed by atoms with E-state index in [4.69, 9.17) is 0 Å². The number of amides is 4. The molecule has 3 aliphatic rings. The van der Waals surface area contributed by atoms with Gasteiger partial charge in [-0.25, -0.2) is 9.18 Å². The molecule has 0 radical (unpaired) electrons. The van der Waals surface area contributed by atoms with E-state index in [1.807, 2.05) is 0 Å². The number of carbonyl (C=O) groups is 3. The van der Waals surface area contributed by atoms with Gasteiger partial charge in [-0.1, -0.05) is 18.6 Å². The van der Waals surface area contributed by atoms with Crippen molar-refractivity contribution in [2.24, 2.45) is 5.92 Å². The Bertz CT molecular complexity index is 831. The van der Waals surface area contributed by atoms with Gasteiger partial charge in [0.15, 0.2) is 0 Å². The van der Waals surface area contributed by atoms with Crippen molar-refractivity contribution in [3.63, 3.8) is 0 Å². The average molecular weight is 431 g/mol. The first-order chi connectivity index (χ1) is 15.0. The van der Waals surface area contributed by atoms with Crippen molar-refractivity contribution in [2.75, 3.05) is 26.2 Å². The van der Waals surface area contributed by atoms with E-state index in [1.54, 1.807) is 12.1 Å². The molecule has 3 saturated heterocycles. The lowest BCUT2D eigenvalue weighted by Crippen LogP contribution is -2.51. The zero-order valence-electron chi connectivity index (χ0n) is 17.8. The molecule has 2 N–H and O–H groups in total. The normalized spacial score (nSPS) is 26.5. The summed E-state index contributed by atoms with van der Waals surface area (Å²) in [4.78, 5) is 41.0. The van der Waals surface area contributed by atoms with E-state index < -0.39 is 18.0 Å². The summed E-state index contributed by atoms with van der Waals surface area (Å²) >= 11 is 0. The lowest BCUT2D eigenvalue weighted by Gasteiger charge is -2.44. The van der Waals surface area contributed by atoms with Crippen LogP contribution in [0.5, 0.6) is 0 Å². The summed E-state index contributed by atoms with van der Waals surface area (Å²) in [7, 11) is 0. The van der Waals surface area contributed by atoms with Crippen LogP contribution in [-0.2, 0) is 16.0 Å². The van der Waals surface area contributed by atoms with Crippen LogP contribution < -0.4 is 10.6 Å². The maximum atomic E-state index is 13.3. The Morgan fingerprint density at radius 3 is 2.84 bits per heavy atom. The number of imide groups is 1. The molecule has 168 valence electrons. The van der Waals surface area contributed by atoms with E-state index in [1.165, 1.54) is 31.4 Å². The van der Waals surface area contributed by atoms with E-state index in [0.717, 1.165) is 30.8 Å². The zero-order valence-corrected chi connectivity index (χ0v) is 17.8. The number of rotatable bonds is 7. The average Bonchev–Trinajstić information content (AvgIpc) is 3.03. The molecule has 0 spiro atoms. The number of nitrogens with one attached hydrogen (secondary N) is 2. The second-order valence-corrected chi connectivity index (χ2v) is 8.88. The lowest BCUT2D eigenvalue weighted by molar-refractivity contribution is -0.131. The number of halogens is 1. The first-order valence-corrected chi connectivity index (χ1v) is 11.4. The Kier molecular flexibility index (Phi) is 6.85. The molecule has 3 aliphatic heterocycles. The molecule has 1 unspecified atom stereocenters. The maximum Gasteiger partial charge on any atom is 0.324 e. The molecule has 0 aromatic heterocycles. The zero-order chi connectivity index (χ0) is 21.8. The van der Waals surface area contributed by atoms with E-state index >= 15 is 0 Å². The van der Waals surface area contributed by atoms with Gasteiger partial charge in [0, 0.05) is 19.1 Å². The first kappa shape index (κ1) is 21.7. The smallest absolute Gasteiger partial charge is 0.324 e. The Morgan fingerprint density at radius 1 is 1.16 bits per heavy atom. The topological polar surface area (TPSA) is 81.8 Å². The molecule has 1 aromatic rings. The predicted molar refractivity (Wildman–Crippen MR) is 114 cm³/mol. The third kappa shape index (κ3) is 5.23.